The summed E-state index contributed by atoms with van der Waals surface area (Å²) in [7, 11) is 0. The van der Waals surface area contributed by atoms with E-state index in [1.54, 1.807) is 0 Å². The molecule has 0 heterocycles. The molecular formula is C12H16F3NO3. The standard InChI is InChI=1S/C12H16F3NO3/c13-12(14,15)8-2-1-5-11(6-8,10(18)19)16(7-17)9-3-4-9/h7-9H,1-6H2,(H,18,19). The average Bonchev–Trinajstić information content (AvgIpc) is 3.13. The predicted molar refractivity (Wildman–Crippen MR) is 59.3 cm³/mol. The molecule has 0 aromatic carbocycles. The van der Waals surface area contributed by atoms with Gasteiger partial charge in [0.05, 0.1) is 5.92 Å². The Morgan fingerprint density at radius 1 is 1.32 bits per heavy atom. The van der Waals surface area contributed by atoms with Crippen LogP contribution in [0.3, 0.4) is 0 Å². The van der Waals surface area contributed by atoms with Gasteiger partial charge in [0.2, 0.25) is 6.41 Å². The minimum absolute atomic E-state index is 0.0596. The fraction of sp³-hybridized carbons (Fsp3) is 0.833. The van der Waals surface area contributed by atoms with Gasteiger partial charge in [0, 0.05) is 6.04 Å². The summed E-state index contributed by atoms with van der Waals surface area (Å²) in [5.41, 5.74) is -1.68. The number of hydrogen-bond acceptors (Lipinski definition) is 2. The third kappa shape index (κ3) is 2.55. The first-order valence-electron chi connectivity index (χ1n) is 6.35. The average molecular weight is 279 g/mol. The van der Waals surface area contributed by atoms with E-state index in [0.717, 1.165) is 4.90 Å². The second-order valence-corrected chi connectivity index (χ2v) is 5.42. The number of halogens is 3. The SMILES string of the molecule is O=CN(C1CC1)C1(C(=O)O)CCCC(C(F)(F)F)C1. The van der Waals surface area contributed by atoms with Crippen molar-refractivity contribution < 1.29 is 27.9 Å². The Bertz CT molecular complexity index is 381. The van der Waals surface area contributed by atoms with Crippen LogP contribution >= 0.6 is 0 Å². The van der Waals surface area contributed by atoms with Crippen molar-refractivity contribution >= 4 is 12.4 Å². The van der Waals surface area contributed by atoms with Crippen LogP contribution in [0.1, 0.15) is 38.5 Å². The second-order valence-electron chi connectivity index (χ2n) is 5.42. The molecule has 0 aromatic heterocycles. The molecular weight excluding hydrogens is 263 g/mol. The molecule has 0 spiro atoms. The minimum atomic E-state index is -4.40. The summed E-state index contributed by atoms with van der Waals surface area (Å²) in [6.45, 7) is 0. The van der Waals surface area contributed by atoms with Crippen molar-refractivity contribution in [3.63, 3.8) is 0 Å². The number of carboxylic acid groups (broad SMARTS) is 1. The third-order valence-electron chi connectivity index (χ3n) is 4.14. The number of alkyl halides is 3. The molecule has 7 heteroatoms. The highest BCUT2D eigenvalue weighted by molar-refractivity contribution is 5.82. The molecule has 2 saturated carbocycles. The molecule has 0 radical (unpaired) electrons. The number of aliphatic carboxylic acids is 1. The quantitative estimate of drug-likeness (QED) is 0.802. The highest BCUT2D eigenvalue weighted by Gasteiger charge is 2.56. The lowest BCUT2D eigenvalue weighted by atomic mass is 9.74. The van der Waals surface area contributed by atoms with Crippen LogP contribution in [0.4, 0.5) is 13.2 Å². The Kier molecular flexibility index (Phi) is 3.49. The molecule has 19 heavy (non-hydrogen) atoms. The van der Waals surface area contributed by atoms with Crippen LogP contribution in [-0.4, -0.2) is 40.1 Å². The molecule has 2 aliphatic rings. The Hall–Kier alpha value is -1.27. The maximum Gasteiger partial charge on any atom is 0.391 e. The zero-order chi connectivity index (χ0) is 14.3. The van der Waals surface area contributed by atoms with Crippen LogP contribution in [0.25, 0.3) is 0 Å². The molecule has 2 aliphatic carbocycles. The maximum absolute atomic E-state index is 12.8. The predicted octanol–water partition coefficient (Wildman–Crippen LogP) is 2.18. The Labute approximate surface area is 108 Å². The highest BCUT2D eigenvalue weighted by atomic mass is 19.4. The first-order valence-corrected chi connectivity index (χ1v) is 6.35. The number of rotatable bonds is 4. The molecule has 4 nitrogen and oxygen atoms in total. The van der Waals surface area contributed by atoms with Crippen molar-refractivity contribution in [1.82, 2.24) is 4.90 Å². The second kappa shape index (κ2) is 4.68. The van der Waals surface area contributed by atoms with E-state index < -0.39 is 30.0 Å². The zero-order valence-corrected chi connectivity index (χ0v) is 10.3. The van der Waals surface area contributed by atoms with Crippen LogP contribution in [0.2, 0.25) is 0 Å². The number of carbonyl (C=O) groups excluding carboxylic acids is 1. The van der Waals surface area contributed by atoms with Crippen molar-refractivity contribution in [2.45, 2.75) is 56.3 Å². The number of amides is 1. The van der Waals surface area contributed by atoms with Crippen LogP contribution in [0.5, 0.6) is 0 Å². The van der Waals surface area contributed by atoms with Gasteiger partial charge in [-0.1, -0.05) is 0 Å². The van der Waals surface area contributed by atoms with Gasteiger partial charge in [-0.3, -0.25) is 4.79 Å². The van der Waals surface area contributed by atoms with Gasteiger partial charge in [0.25, 0.3) is 0 Å². The van der Waals surface area contributed by atoms with Crippen LogP contribution in [-0.2, 0) is 9.59 Å². The van der Waals surface area contributed by atoms with Crippen molar-refractivity contribution in [2.24, 2.45) is 5.92 Å². The molecule has 2 rings (SSSR count). The van der Waals surface area contributed by atoms with Crippen LogP contribution in [0.15, 0.2) is 0 Å². The molecule has 0 bridgehead atoms. The smallest absolute Gasteiger partial charge is 0.391 e. The summed E-state index contributed by atoms with van der Waals surface area (Å²) in [6.07, 6.45) is -2.96. The largest absolute Gasteiger partial charge is 0.479 e. The normalized spacial score (nSPS) is 31.8. The van der Waals surface area contributed by atoms with Crippen molar-refractivity contribution in [3.8, 4) is 0 Å². The lowest BCUT2D eigenvalue weighted by Gasteiger charge is -2.44. The van der Waals surface area contributed by atoms with E-state index in [-0.39, 0.29) is 25.3 Å². The molecule has 1 amide bonds. The fourth-order valence-electron chi connectivity index (χ4n) is 2.96. The Balaban J connectivity index is 2.28. The molecule has 2 atom stereocenters. The number of carbonyl (C=O) groups is 2. The fourth-order valence-corrected chi connectivity index (χ4v) is 2.96. The maximum atomic E-state index is 12.8. The zero-order valence-electron chi connectivity index (χ0n) is 10.3. The summed E-state index contributed by atoms with van der Waals surface area (Å²) in [4.78, 5) is 23.8. The number of hydrogen-bond donors (Lipinski definition) is 1. The van der Waals surface area contributed by atoms with Crippen LogP contribution in [0, 0.1) is 5.92 Å². The monoisotopic (exact) mass is 279 g/mol. The van der Waals surface area contributed by atoms with Crippen molar-refractivity contribution in [1.29, 1.82) is 0 Å². The molecule has 2 fully saturated rings. The van der Waals surface area contributed by atoms with Gasteiger partial charge in [-0.25, -0.2) is 4.79 Å². The van der Waals surface area contributed by atoms with Crippen molar-refractivity contribution in [3.05, 3.63) is 0 Å². The van der Waals surface area contributed by atoms with Gasteiger partial charge in [0.1, 0.15) is 5.54 Å². The summed E-state index contributed by atoms with van der Waals surface area (Å²) < 4.78 is 38.5. The van der Waals surface area contributed by atoms with Gasteiger partial charge in [-0.2, -0.15) is 13.2 Å². The van der Waals surface area contributed by atoms with Crippen LogP contribution < -0.4 is 0 Å². The Morgan fingerprint density at radius 3 is 2.37 bits per heavy atom. The first-order chi connectivity index (χ1) is 8.81. The van der Waals surface area contributed by atoms with E-state index in [4.69, 9.17) is 0 Å². The lowest BCUT2D eigenvalue weighted by molar-refractivity contribution is -0.199. The molecule has 1 N–H and O–H groups in total. The van der Waals surface area contributed by atoms with E-state index in [1.807, 2.05) is 0 Å². The molecule has 0 aromatic rings. The number of carboxylic acids is 1. The Morgan fingerprint density at radius 2 is 1.95 bits per heavy atom. The minimum Gasteiger partial charge on any atom is -0.479 e. The molecule has 108 valence electrons. The van der Waals surface area contributed by atoms with Crippen molar-refractivity contribution in [2.75, 3.05) is 0 Å². The van der Waals surface area contributed by atoms with Gasteiger partial charge in [-0.05, 0) is 38.5 Å². The summed E-state index contributed by atoms with van der Waals surface area (Å²) in [5.74, 6) is -2.96. The molecule has 0 aliphatic heterocycles. The van der Waals surface area contributed by atoms with Gasteiger partial charge in [0.15, 0.2) is 0 Å². The number of nitrogens with zero attached hydrogens (tertiary/aromatic N) is 1. The van der Waals surface area contributed by atoms with Gasteiger partial charge >= 0.3 is 12.1 Å². The van der Waals surface area contributed by atoms with E-state index in [2.05, 4.69) is 0 Å². The van der Waals surface area contributed by atoms with E-state index in [0.29, 0.717) is 19.3 Å². The third-order valence-corrected chi connectivity index (χ3v) is 4.14. The summed E-state index contributed by atoms with van der Waals surface area (Å²) >= 11 is 0. The molecule has 2 unspecified atom stereocenters. The first kappa shape index (κ1) is 14.1. The van der Waals surface area contributed by atoms with E-state index in [9.17, 15) is 27.9 Å². The highest BCUT2D eigenvalue weighted by Crippen LogP contribution is 2.46. The van der Waals surface area contributed by atoms with E-state index >= 15 is 0 Å². The summed E-state index contributed by atoms with van der Waals surface area (Å²) in [6, 6.07) is -0.208. The lowest BCUT2D eigenvalue weighted by Crippen LogP contribution is -2.58. The van der Waals surface area contributed by atoms with Gasteiger partial charge in [-0.15, -0.1) is 0 Å². The summed E-state index contributed by atoms with van der Waals surface area (Å²) in [5, 5.41) is 9.38. The van der Waals surface area contributed by atoms with Gasteiger partial charge < -0.3 is 10.0 Å². The molecule has 0 saturated heterocycles. The topological polar surface area (TPSA) is 57.6 Å². The van der Waals surface area contributed by atoms with E-state index in [1.165, 1.54) is 0 Å².